The number of nitrogens with one attached hydrogen (secondary N) is 1. The molecule has 8 nitrogen and oxygen atoms in total. The largest absolute Gasteiger partial charge is 0.459 e. The summed E-state index contributed by atoms with van der Waals surface area (Å²) in [6.07, 6.45) is 1.35. The van der Waals surface area contributed by atoms with E-state index in [1.165, 1.54) is 6.20 Å². The molecule has 158 valence electrons. The second-order valence-electron chi connectivity index (χ2n) is 7.08. The maximum absolute atomic E-state index is 11.9. The number of fused-ring (bicyclic) bond motifs is 1. The molecule has 3 aromatic heterocycles. The second-order valence-corrected chi connectivity index (χ2v) is 8.56. The highest BCUT2D eigenvalue weighted by atomic mass is 35.5. The molecule has 0 saturated carbocycles. The molecule has 1 aliphatic heterocycles. The van der Waals surface area contributed by atoms with Gasteiger partial charge in [0.1, 0.15) is 5.82 Å². The molecule has 30 heavy (non-hydrogen) atoms. The predicted octanol–water partition coefficient (Wildman–Crippen LogP) is 3.75. The summed E-state index contributed by atoms with van der Waals surface area (Å²) in [7, 11) is 0. The Balaban J connectivity index is 1.47. The van der Waals surface area contributed by atoms with Crippen LogP contribution in [0.1, 0.15) is 29.1 Å². The lowest BCUT2D eigenvalue weighted by Gasteiger charge is -2.28. The van der Waals surface area contributed by atoms with Crippen molar-refractivity contribution in [3.8, 4) is 0 Å². The molecule has 1 aliphatic rings. The molecule has 0 amide bonds. The summed E-state index contributed by atoms with van der Waals surface area (Å²) in [5, 5.41) is 3.52. The van der Waals surface area contributed by atoms with Gasteiger partial charge in [-0.2, -0.15) is 4.98 Å². The van der Waals surface area contributed by atoms with E-state index in [4.69, 9.17) is 21.1 Å². The molecule has 0 bridgehead atoms. The van der Waals surface area contributed by atoms with Gasteiger partial charge in [-0.25, -0.2) is 14.8 Å². The fourth-order valence-electron chi connectivity index (χ4n) is 3.09. The summed E-state index contributed by atoms with van der Waals surface area (Å²) in [6, 6.07) is 5.48. The zero-order valence-electron chi connectivity index (χ0n) is 16.7. The Labute approximate surface area is 183 Å². The number of hydrogen-bond donors (Lipinski definition) is 1. The van der Waals surface area contributed by atoms with Crippen molar-refractivity contribution in [3.63, 3.8) is 0 Å². The van der Waals surface area contributed by atoms with Crippen molar-refractivity contribution < 1.29 is 14.3 Å². The van der Waals surface area contributed by atoms with Gasteiger partial charge in [0.15, 0.2) is 5.82 Å². The van der Waals surface area contributed by atoms with Crippen molar-refractivity contribution in [1.29, 1.82) is 0 Å². The van der Waals surface area contributed by atoms with Crippen LogP contribution in [-0.2, 0) is 16.0 Å². The first kappa shape index (κ1) is 20.8. The van der Waals surface area contributed by atoms with Crippen LogP contribution in [0.3, 0.4) is 0 Å². The number of morpholine rings is 1. The number of anilines is 2. The van der Waals surface area contributed by atoms with Gasteiger partial charge >= 0.3 is 5.97 Å². The molecular weight excluding hydrogens is 426 g/mol. The summed E-state index contributed by atoms with van der Waals surface area (Å²) in [5.41, 5.74) is 1.26. The van der Waals surface area contributed by atoms with Crippen LogP contribution in [0.15, 0.2) is 24.4 Å². The third-order valence-electron chi connectivity index (χ3n) is 4.47. The smallest absolute Gasteiger partial charge is 0.339 e. The van der Waals surface area contributed by atoms with Gasteiger partial charge in [0, 0.05) is 24.2 Å². The molecular formula is C20H22ClN5O3S. The number of aromatic nitrogens is 3. The minimum absolute atomic E-state index is 0.165. The normalized spacial score (nSPS) is 14.3. The van der Waals surface area contributed by atoms with Crippen LogP contribution in [0.4, 0.5) is 11.6 Å². The lowest BCUT2D eigenvalue weighted by atomic mass is 10.3. The third-order valence-corrected chi connectivity index (χ3v) is 5.76. The van der Waals surface area contributed by atoms with E-state index in [0.717, 1.165) is 34.0 Å². The molecule has 0 spiro atoms. The minimum atomic E-state index is -0.375. The SMILES string of the molecule is CC(C)OC(=O)c1ccc(NCc2cc3nc(Cl)nc(N4CCOCC4)c3s2)nc1. The van der Waals surface area contributed by atoms with E-state index in [1.807, 2.05) is 19.9 Å². The van der Waals surface area contributed by atoms with Gasteiger partial charge in [0.05, 0.1) is 41.6 Å². The van der Waals surface area contributed by atoms with Crippen LogP contribution in [0.25, 0.3) is 10.2 Å². The first-order valence-corrected chi connectivity index (χ1v) is 10.9. The first-order valence-electron chi connectivity index (χ1n) is 9.69. The number of esters is 1. The summed E-state index contributed by atoms with van der Waals surface area (Å²) in [6.45, 7) is 7.12. The molecule has 0 aliphatic carbocycles. The number of halogens is 1. The Morgan fingerprint density at radius 3 is 2.83 bits per heavy atom. The number of rotatable bonds is 6. The van der Waals surface area contributed by atoms with E-state index in [2.05, 4.69) is 25.2 Å². The molecule has 0 atom stereocenters. The Hall–Kier alpha value is -2.49. The highest BCUT2D eigenvalue weighted by Crippen LogP contribution is 2.33. The van der Waals surface area contributed by atoms with Gasteiger partial charge in [0.2, 0.25) is 5.28 Å². The number of thiophene rings is 1. The van der Waals surface area contributed by atoms with Gasteiger partial charge in [0.25, 0.3) is 0 Å². The fraction of sp³-hybridized carbons (Fsp3) is 0.400. The number of pyridine rings is 1. The maximum Gasteiger partial charge on any atom is 0.339 e. The van der Waals surface area contributed by atoms with E-state index >= 15 is 0 Å². The zero-order chi connectivity index (χ0) is 21.1. The van der Waals surface area contributed by atoms with Crippen LogP contribution in [0, 0.1) is 0 Å². The average molecular weight is 448 g/mol. The highest BCUT2D eigenvalue weighted by Gasteiger charge is 2.19. The third kappa shape index (κ3) is 4.80. The first-order chi connectivity index (χ1) is 14.5. The van der Waals surface area contributed by atoms with Crippen LogP contribution >= 0.6 is 22.9 Å². The number of carbonyl (C=O) groups excluding carboxylic acids is 1. The molecule has 4 rings (SSSR count). The second kappa shape index (κ2) is 9.11. The molecule has 0 unspecified atom stereocenters. The molecule has 10 heteroatoms. The van der Waals surface area contributed by atoms with Gasteiger partial charge in [-0.15, -0.1) is 11.3 Å². The maximum atomic E-state index is 11.9. The Morgan fingerprint density at radius 2 is 2.13 bits per heavy atom. The number of ether oxygens (including phenoxy) is 2. The summed E-state index contributed by atoms with van der Waals surface area (Å²) >= 11 is 7.79. The Kier molecular flexibility index (Phi) is 6.31. The zero-order valence-corrected chi connectivity index (χ0v) is 18.3. The molecule has 1 saturated heterocycles. The van der Waals surface area contributed by atoms with Crippen molar-refractivity contribution in [3.05, 3.63) is 40.1 Å². The standard InChI is InChI=1S/C20H22ClN5O3S/c1-12(2)29-19(27)13-3-4-16(22-10-13)23-11-14-9-15-17(30-14)18(25-20(21)24-15)26-5-7-28-8-6-26/h3-4,9-10,12H,5-8,11H2,1-2H3,(H,22,23). The topological polar surface area (TPSA) is 89.5 Å². The number of nitrogens with zero attached hydrogens (tertiary/aromatic N) is 4. The predicted molar refractivity (Wildman–Crippen MR) is 118 cm³/mol. The van der Waals surface area contributed by atoms with E-state index in [1.54, 1.807) is 23.5 Å². The van der Waals surface area contributed by atoms with Crippen LogP contribution in [0.2, 0.25) is 5.28 Å². The van der Waals surface area contributed by atoms with Crippen LogP contribution in [0.5, 0.6) is 0 Å². The summed E-state index contributed by atoms with van der Waals surface area (Å²) in [4.78, 5) is 28.3. The van der Waals surface area contributed by atoms with Gasteiger partial charge in [-0.05, 0) is 43.6 Å². The quantitative estimate of drug-likeness (QED) is 0.451. The van der Waals surface area contributed by atoms with E-state index in [9.17, 15) is 4.79 Å². The Bertz CT molecular complexity index is 1030. The van der Waals surface area contributed by atoms with Crippen LogP contribution in [-0.4, -0.2) is 53.3 Å². The van der Waals surface area contributed by atoms with Crippen molar-refractivity contribution in [2.45, 2.75) is 26.5 Å². The molecule has 4 heterocycles. The van der Waals surface area contributed by atoms with Crippen molar-refractivity contribution in [1.82, 2.24) is 15.0 Å². The number of carbonyl (C=O) groups is 1. The number of hydrogen-bond acceptors (Lipinski definition) is 9. The average Bonchev–Trinajstić information content (AvgIpc) is 3.15. The summed E-state index contributed by atoms with van der Waals surface area (Å²) < 4.78 is 11.6. The van der Waals surface area contributed by atoms with Gasteiger partial charge in [-0.1, -0.05) is 0 Å². The lowest BCUT2D eigenvalue weighted by molar-refractivity contribution is 0.0377. The van der Waals surface area contributed by atoms with E-state index in [0.29, 0.717) is 31.1 Å². The molecule has 3 aromatic rings. The van der Waals surface area contributed by atoms with Crippen molar-refractivity contribution in [2.24, 2.45) is 0 Å². The highest BCUT2D eigenvalue weighted by molar-refractivity contribution is 7.19. The summed E-state index contributed by atoms with van der Waals surface area (Å²) in [5.74, 6) is 1.15. The fourth-order valence-corrected chi connectivity index (χ4v) is 4.32. The minimum Gasteiger partial charge on any atom is -0.459 e. The van der Waals surface area contributed by atoms with Crippen LogP contribution < -0.4 is 10.2 Å². The van der Waals surface area contributed by atoms with E-state index in [-0.39, 0.29) is 17.4 Å². The molecule has 0 radical (unpaired) electrons. The molecule has 1 fully saturated rings. The molecule has 1 N–H and O–H groups in total. The molecule has 0 aromatic carbocycles. The Morgan fingerprint density at radius 1 is 1.33 bits per heavy atom. The van der Waals surface area contributed by atoms with Gasteiger partial charge in [-0.3, -0.25) is 0 Å². The van der Waals surface area contributed by atoms with Gasteiger partial charge < -0.3 is 19.7 Å². The van der Waals surface area contributed by atoms with E-state index < -0.39 is 0 Å². The monoisotopic (exact) mass is 447 g/mol. The lowest BCUT2D eigenvalue weighted by Crippen LogP contribution is -2.36. The van der Waals surface area contributed by atoms with Crippen molar-refractivity contribution >= 4 is 50.8 Å². The van der Waals surface area contributed by atoms with Crippen molar-refractivity contribution in [2.75, 3.05) is 36.5 Å².